The third-order valence-corrected chi connectivity index (χ3v) is 8.52. The van der Waals surface area contributed by atoms with Crippen molar-refractivity contribution in [1.29, 1.82) is 0 Å². The van der Waals surface area contributed by atoms with Crippen LogP contribution in [0.25, 0.3) is 11.5 Å². The fourth-order valence-electron chi connectivity index (χ4n) is 4.56. The molecule has 168 valence electrons. The summed E-state index contributed by atoms with van der Waals surface area (Å²) in [5.41, 5.74) is 4.53. The Bertz CT molecular complexity index is 1210. The lowest BCUT2D eigenvalue weighted by Gasteiger charge is -2.36. The summed E-state index contributed by atoms with van der Waals surface area (Å²) in [5.74, 6) is 1.06. The van der Waals surface area contributed by atoms with Crippen molar-refractivity contribution in [3.05, 3.63) is 65.0 Å². The van der Waals surface area contributed by atoms with E-state index < -0.39 is 10.0 Å². The van der Waals surface area contributed by atoms with Gasteiger partial charge < -0.3 is 4.42 Å². The summed E-state index contributed by atoms with van der Waals surface area (Å²) in [6.07, 6.45) is 3.13. The van der Waals surface area contributed by atoms with Crippen LogP contribution < -0.4 is 0 Å². The zero-order valence-electron chi connectivity index (χ0n) is 18.5. The second kappa shape index (κ2) is 8.42. The molecule has 0 N–H and O–H groups in total. The minimum Gasteiger partial charge on any atom is -0.419 e. The monoisotopic (exact) mass is 452 g/mol. The standard InChI is InChI=1S/C24H28N4O3S/c1-17-6-8-20(9-7-17)24-26-25-23(31-24)18(2)27-12-14-28(15-13-27)32(29,30)22-11-10-19-4-3-5-21(19)16-22/h6-11,16,18H,3-5,12-15H2,1-2H3. The first-order valence-corrected chi connectivity index (χ1v) is 12.6. The van der Waals surface area contributed by atoms with Gasteiger partial charge in [0, 0.05) is 31.7 Å². The SMILES string of the molecule is Cc1ccc(-c2nnc(C(C)N3CCN(S(=O)(=O)c4ccc5c(c4)CCC5)CC3)o2)cc1. The summed E-state index contributed by atoms with van der Waals surface area (Å²) in [4.78, 5) is 2.61. The van der Waals surface area contributed by atoms with Crippen molar-refractivity contribution >= 4 is 10.0 Å². The molecule has 1 aromatic heterocycles. The van der Waals surface area contributed by atoms with Crippen molar-refractivity contribution < 1.29 is 12.8 Å². The van der Waals surface area contributed by atoms with E-state index in [0.717, 1.165) is 24.8 Å². The first-order valence-electron chi connectivity index (χ1n) is 11.2. The summed E-state index contributed by atoms with van der Waals surface area (Å²) < 4.78 is 33.9. The average molecular weight is 453 g/mol. The number of hydrogen-bond acceptors (Lipinski definition) is 6. The Labute approximate surface area is 189 Å². The highest BCUT2D eigenvalue weighted by molar-refractivity contribution is 7.89. The van der Waals surface area contributed by atoms with Gasteiger partial charge in [0.15, 0.2) is 0 Å². The number of rotatable bonds is 5. The van der Waals surface area contributed by atoms with Crippen LogP contribution >= 0.6 is 0 Å². The van der Waals surface area contributed by atoms with Crippen LogP contribution in [0, 0.1) is 6.92 Å². The predicted molar refractivity (Wildman–Crippen MR) is 122 cm³/mol. The summed E-state index contributed by atoms with van der Waals surface area (Å²) in [7, 11) is -3.48. The highest BCUT2D eigenvalue weighted by Gasteiger charge is 2.32. The second-order valence-electron chi connectivity index (χ2n) is 8.71. The van der Waals surface area contributed by atoms with Gasteiger partial charge in [0.2, 0.25) is 21.8 Å². The number of hydrogen-bond donors (Lipinski definition) is 0. The molecule has 5 rings (SSSR count). The summed E-state index contributed by atoms with van der Waals surface area (Å²) in [6, 6.07) is 13.5. The number of benzene rings is 2. The fraction of sp³-hybridized carbons (Fsp3) is 0.417. The van der Waals surface area contributed by atoms with Crippen LogP contribution in [0.1, 0.15) is 42.0 Å². The first kappa shape index (κ1) is 21.3. The molecule has 1 aliphatic heterocycles. The van der Waals surface area contributed by atoms with Crippen molar-refractivity contribution in [2.45, 2.75) is 44.0 Å². The van der Waals surface area contributed by atoms with Crippen molar-refractivity contribution in [1.82, 2.24) is 19.4 Å². The molecule has 0 amide bonds. The van der Waals surface area contributed by atoms with E-state index in [9.17, 15) is 8.42 Å². The van der Waals surface area contributed by atoms with Gasteiger partial charge in [-0.2, -0.15) is 4.31 Å². The van der Waals surface area contributed by atoms with Gasteiger partial charge in [0.25, 0.3) is 0 Å². The third-order valence-electron chi connectivity index (χ3n) is 6.63. The molecule has 3 aromatic rings. The maximum absolute atomic E-state index is 13.2. The van der Waals surface area contributed by atoms with Gasteiger partial charge in [-0.25, -0.2) is 8.42 Å². The van der Waals surface area contributed by atoms with Crippen LogP contribution in [0.2, 0.25) is 0 Å². The molecule has 1 atom stereocenters. The lowest BCUT2D eigenvalue weighted by molar-refractivity contribution is 0.129. The number of aryl methyl sites for hydroxylation is 3. The van der Waals surface area contributed by atoms with Gasteiger partial charge in [-0.15, -0.1) is 10.2 Å². The molecule has 1 fully saturated rings. The third kappa shape index (κ3) is 3.98. The fourth-order valence-corrected chi connectivity index (χ4v) is 6.03. The largest absolute Gasteiger partial charge is 0.419 e. The van der Waals surface area contributed by atoms with Crippen molar-refractivity contribution in [2.24, 2.45) is 0 Å². The van der Waals surface area contributed by atoms with Crippen LogP contribution in [0.4, 0.5) is 0 Å². The van der Waals surface area contributed by atoms with E-state index in [1.54, 1.807) is 10.4 Å². The zero-order valence-corrected chi connectivity index (χ0v) is 19.3. The van der Waals surface area contributed by atoms with Crippen LogP contribution in [-0.4, -0.2) is 54.0 Å². The van der Waals surface area contributed by atoms with Gasteiger partial charge in [0.1, 0.15) is 0 Å². The first-order chi connectivity index (χ1) is 15.4. The normalized spacial score (nSPS) is 18.6. The maximum atomic E-state index is 13.2. The van der Waals surface area contributed by atoms with Gasteiger partial charge in [-0.05, 0) is 68.5 Å². The average Bonchev–Trinajstić information content (AvgIpc) is 3.48. The Morgan fingerprint density at radius 1 is 0.938 bits per heavy atom. The Hall–Kier alpha value is -2.55. The number of nitrogens with zero attached hydrogens (tertiary/aromatic N) is 4. The number of fused-ring (bicyclic) bond motifs is 1. The molecule has 8 heteroatoms. The Morgan fingerprint density at radius 2 is 1.66 bits per heavy atom. The number of aromatic nitrogens is 2. The predicted octanol–water partition coefficient (Wildman–Crippen LogP) is 3.60. The lowest BCUT2D eigenvalue weighted by Crippen LogP contribution is -2.49. The molecular weight excluding hydrogens is 424 g/mol. The van der Waals surface area contributed by atoms with Crippen LogP contribution in [0.5, 0.6) is 0 Å². The van der Waals surface area contributed by atoms with E-state index in [-0.39, 0.29) is 6.04 Å². The van der Waals surface area contributed by atoms with E-state index in [2.05, 4.69) is 15.1 Å². The molecular formula is C24H28N4O3S. The second-order valence-corrected chi connectivity index (χ2v) is 10.6. The smallest absolute Gasteiger partial charge is 0.247 e. The number of sulfonamides is 1. The van der Waals surface area contributed by atoms with Crippen molar-refractivity contribution in [3.63, 3.8) is 0 Å². The van der Waals surface area contributed by atoms with E-state index >= 15 is 0 Å². The van der Waals surface area contributed by atoms with Gasteiger partial charge in [-0.3, -0.25) is 4.90 Å². The molecule has 0 radical (unpaired) electrons. The molecule has 32 heavy (non-hydrogen) atoms. The maximum Gasteiger partial charge on any atom is 0.247 e. The van der Waals surface area contributed by atoms with Gasteiger partial charge in [0.05, 0.1) is 10.9 Å². The molecule has 0 saturated carbocycles. The Kier molecular flexibility index (Phi) is 5.61. The summed E-state index contributed by atoms with van der Waals surface area (Å²) >= 11 is 0. The van der Waals surface area contributed by atoms with Crippen LogP contribution in [-0.2, 0) is 22.9 Å². The Balaban J connectivity index is 1.25. The number of piperazine rings is 1. The van der Waals surface area contributed by atoms with E-state index in [0.29, 0.717) is 42.9 Å². The topological polar surface area (TPSA) is 79.5 Å². The minimum atomic E-state index is -3.48. The summed E-state index contributed by atoms with van der Waals surface area (Å²) in [6.45, 7) is 6.19. The molecule has 0 spiro atoms. The minimum absolute atomic E-state index is 0.0773. The Morgan fingerprint density at radius 3 is 2.41 bits per heavy atom. The summed E-state index contributed by atoms with van der Waals surface area (Å²) in [5, 5.41) is 8.45. The molecule has 0 bridgehead atoms. The van der Waals surface area contributed by atoms with Gasteiger partial charge >= 0.3 is 0 Å². The molecule has 2 aromatic carbocycles. The quantitative estimate of drug-likeness (QED) is 0.589. The molecule has 1 saturated heterocycles. The molecule has 2 aliphatic rings. The molecule has 1 aliphatic carbocycles. The van der Waals surface area contributed by atoms with Crippen LogP contribution in [0.3, 0.4) is 0 Å². The van der Waals surface area contributed by atoms with E-state index in [1.807, 2.05) is 50.2 Å². The highest BCUT2D eigenvalue weighted by atomic mass is 32.2. The van der Waals surface area contributed by atoms with Crippen molar-refractivity contribution in [2.75, 3.05) is 26.2 Å². The molecule has 1 unspecified atom stereocenters. The van der Waals surface area contributed by atoms with E-state index in [1.165, 1.54) is 16.7 Å². The highest BCUT2D eigenvalue weighted by Crippen LogP contribution is 2.29. The van der Waals surface area contributed by atoms with Crippen molar-refractivity contribution in [3.8, 4) is 11.5 Å². The lowest BCUT2D eigenvalue weighted by atomic mass is 10.1. The van der Waals surface area contributed by atoms with E-state index in [4.69, 9.17) is 4.42 Å². The zero-order chi connectivity index (χ0) is 22.3. The molecule has 2 heterocycles. The van der Waals surface area contributed by atoms with Gasteiger partial charge in [-0.1, -0.05) is 23.8 Å². The van der Waals surface area contributed by atoms with Crippen LogP contribution in [0.15, 0.2) is 51.8 Å². The molecule has 7 nitrogen and oxygen atoms in total.